The largest absolute Gasteiger partial charge is 0.368 e. The molecule has 0 radical (unpaired) electrons. The number of fused-ring (bicyclic) bond motifs is 1. The molecule has 1 aliphatic carbocycles. The lowest BCUT2D eigenvalue weighted by atomic mass is 9.87. The monoisotopic (exact) mass is 331 g/mol. The van der Waals surface area contributed by atoms with Gasteiger partial charge in [0.25, 0.3) is 0 Å². The summed E-state index contributed by atoms with van der Waals surface area (Å²) in [6, 6.07) is 18.7. The molecule has 1 aromatic heterocycles. The number of hydrogen-bond acceptors (Lipinski definition) is 3. The van der Waals surface area contributed by atoms with E-state index in [9.17, 15) is 0 Å². The molecule has 1 fully saturated rings. The Kier molecular flexibility index (Phi) is 4.91. The molecular weight excluding hydrogens is 306 g/mol. The Morgan fingerprint density at radius 2 is 1.52 bits per heavy atom. The third-order valence-electron chi connectivity index (χ3n) is 5.30. The van der Waals surface area contributed by atoms with Crippen LogP contribution in [-0.2, 0) is 0 Å². The summed E-state index contributed by atoms with van der Waals surface area (Å²) >= 11 is 0. The second-order valence-electron chi connectivity index (χ2n) is 7.03. The van der Waals surface area contributed by atoms with Crippen LogP contribution < -0.4 is 5.32 Å². The topological polar surface area (TPSA) is 37.8 Å². The number of anilines is 1. The van der Waals surface area contributed by atoms with Crippen LogP contribution in [0.3, 0.4) is 0 Å². The molecule has 0 aliphatic heterocycles. The number of aromatic nitrogens is 2. The van der Waals surface area contributed by atoms with Gasteiger partial charge >= 0.3 is 0 Å². The minimum atomic E-state index is 0.879. The summed E-state index contributed by atoms with van der Waals surface area (Å²) in [5.41, 5.74) is 2.06. The second-order valence-corrected chi connectivity index (χ2v) is 7.03. The lowest BCUT2D eigenvalue weighted by Crippen LogP contribution is -2.13. The van der Waals surface area contributed by atoms with E-state index < -0.39 is 0 Å². The molecule has 3 heteroatoms. The van der Waals surface area contributed by atoms with Crippen molar-refractivity contribution in [3.63, 3.8) is 0 Å². The number of nitrogens with one attached hydrogen (secondary N) is 1. The molecule has 0 bridgehead atoms. The lowest BCUT2D eigenvalue weighted by Gasteiger charge is -2.21. The maximum atomic E-state index is 4.53. The molecule has 4 rings (SSSR count). The first-order valence-corrected chi connectivity index (χ1v) is 9.46. The van der Waals surface area contributed by atoms with Gasteiger partial charge in [0.2, 0.25) is 0 Å². The van der Waals surface area contributed by atoms with Crippen LogP contribution in [0.2, 0.25) is 0 Å². The summed E-state index contributed by atoms with van der Waals surface area (Å²) in [6.07, 6.45) is 8.23. The Balaban J connectivity index is 1.56. The maximum Gasteiger partial charge on any atom is 0.156 e. The zero-order valence-corrected chi connectivity index (χ0v) is 14.6. The third kappa shape index (κ3) is 3.65. The predicted octanol–water partition coefficient (Wildman–Crippen LogP) is 5.68. The summed E-state index contributed by atoms with van der Waals surface area (Å²) in [6.45, 7) is 0.980. The maximum absolute atomic E-state index is 4.53. The predicted molar refractivity (Wildman–Crippen MR) is 105 cm³/mol. The lowest BCUT2D eigenvalue weighted by molar-refractivity contribution is 0.345. The fourth-order valence-electron chi connectivity index (χ4n) is 3.91. The summed E-state index contributed by atoms with van der Waals surface area (Å²) in [4.78, 5) is 0. The van der Waals surface area contributed by atoms with Gasteiger partial charge in [0.05, 0.1) is 0 Å². The minimum Gasteiger partial charge on any atom is -0.368 e. The first kappa shape index (κ1) is 16.1. The average Bonchev–Trinajstić information content (AvgIpc) is 2.69. The highest BCUT2D eigenvalue weighted by Gasteiger charge is 2.14. The van der Waals surface area contributed by atoms with Gasteiger partial charge in [-0.25, -0.2) is 0 Å². The van der Waals surface area contributed by atoms with E-state index in [1.54, 1.807) is 0 Å². The zero-order chi connectivity index (χ0) is 16.9. The van der Waals surface area contributed by atoms with Gasteiger partial charge in [-0.1, -0.05) is 86.7 Å². The second kappa shape index (κ2) is 7.64. The van der Waals surface area contributed by atoms with Gasteiger partial charge < -0.3 is 5.32 Å². The van der Waals surface area contributed by atoms with Gasteiger partial charge in [-0.2, -0.15) is 0 Å². The van der Waals surface area contributed by atoms with Crippen molar-refractivity contribution in [2.75, 3.05) is 11.9 Å². The van der Waals surface area contributed by atoms with Crippen molar-refractivity contribution in [2.24, 2.45) is 5.92 Å². The smallest absolute Gasteiger partial charge is 0.156 e. The molecule has 128 valence electrons. The van der Waals surface area contributed by atoms with Gasteiger partial charge in [-0.3, -0.25) is 0 Å². The molecular formula is C22H25N3. The first-order valence-electron chi connectivity index (χ1n) is 9.46. The third-order valence-corrected chi connectivity index (χ3v) is 5.30. The van der Waals surface area contributed by atoms with Gasteiger partial charge in [0, 0.05) is 22.9 Å². The number of rotatable bonds is 5. The summed E-state index contributed by atoms with van der Waals surface area (Å²) in [7, 11) is 0. The van der Waals surface area contributed by atoms with Crippen molar-refractivity contribution in [3.8, 4) is 11.3 Å². The first-order chi connectivity index (χ1) is 12.4. The molecule has 1 heterocycles. The van der Waals surface area contributed by atoms with Crippen LogP contribution in [0.1, 0.15) is 38.5 Å². The SMILES string of the molecule is c1ccc(-c2nnc(NCCC3CCCCC3)c3ccccc23)cc1. The van der Waals surface area contributed by atoms with Crippen LogP contribution >= 0.6 is 0 Å². The minimum absolute atomic E-state index is 0.879. The van der Waals surface area contributed by atoms with Crippen LogP contribution in [0.4, 0.5) is 5.82 Å². The molecule has 0 atom stereocenters. The highest BCUT2D eigenvalue weighted by Crippen LogP contribution is 2.30. The summed E-state index contributed by atoms with van der Waals surface area (Å²) in [5, 5.41) is 14.9. The van der Waals surface area contributed by atoms with Crippen LogP contribution in [0.15, 0.2) is 54.6 Å². The fourth-order valence-corrected chi connectivity index (χ4v) is 3.91. The average molecular weight is 331 g/mol. The van der Waals surface area contributed by atoms with E-state index in [4.69, 9.17) is 0 Å². The molecule has 1 aliphatic rings. The van der Waals surface area contributed by atoms with Crippen LogP contribution in [-0.4, -0.2) is 16.7 Å². The van der Waals surface area contributed by atoms with Gasteiger partial charge in [0.1, 0.15) is 5.69 Å². The van der Waals surface area contributed by atoms with Gasteiger partial charge in [-0.05, 0) is 12.3 Å². The zero-order valence-electron chi connectivity index (χ0n) is 14.6. The van der Waals surface area contributed by atoms with Crippen LogP contribution in [0, 0.1) is 5.92 Å². The summed E-state index contributed by atoms with van der Waals surface area (Å²) in [5.74, 6) is 1.79. The molecule has 1 N–H and O–H groups in total. The van der Waals surface area contributed by atoms with Gasteiger partial charge in [0.15, 0.2) is 5.82 Å². The highest BCUT2D eigenvalue weighted by atomic mass is 15.2. The molecule has 0 unspecified atom stereocenters. The van der Waals surface area contributed by atoms with Crippen LogP contribution in [0.5, 0.6) is 0 Å². The number of benzene rings is 2. The van der Waals surface area contributed by atoms with E-state index >= 15 is 0 Å². The highest BCUT2D eigenvalue weighted by molar-refractivity contribution is 5.99. The molecule has 1 saturated carbocycles. The Morgan fingerprint density at radius 1 is 0.800 bits per heavy atom. The van der Waals surface area contributed by atoms with E-state index in [2.05, 4.69) is 51.9 Å². The van der Waals surface area contributed by atoms with Crippen molar-refractivity contribution in [3.05, 3.63) is 54.6 Å². The molecule has 25 heavy (non-hydrogen) atoms. The number of hydrogen-bond donors (Lipinski definition) is 1. The van der Waals surface area contributed by atoms with E-state index in [1.807, 2.05) is 18.2 Å². The van der Waals surface area contributed by atoms with E-state index in [1.165, 1.54) is 38.5 Å². The molecule has 0 saturated heterocycles. The molecule has 2 aromatic carbocycles. The quantitative estimate of drug-likeness (QED) is 0.653. The molecule has 3 nitrogen and oxygen atoms in total. The van der Waals surface area contributed by atoms with Crippen LogP contribution in [0.25, 0.3) is 22.0 Å². The standard InChI is InChI=1S/C22H25N3/c1-3-9-17(10-4-1)15-16-23-22-20-14-8-7-13-19(20)21(24-25-22)18-11-5-2-6-12-18/h2,5-8,11-14,17H,1,3-4,9-10,15-16H2,(H,23,25). The van der Waals surface area contributed by atoms with E-state index in [0.717, 1.165) is 40.3 Å². The van der Waals surface area contributed by atoms with Gasteiger partial charge in [-0.15, -0.1) is 10.2 Å². The van der Waals surface area contributed by atoms with Crippen molar-refractivity contribution in [2.45, 2.75) is 38.5 Å². The Labute approximate surface area is 149 Å². The fraction of sp³-hybridized carbons (Fsp3) is 0.364. The summed E-state index contributed by atoms with van der Waals surface area (Å²) < 4.78 is 0. The van der Waals surface area contributed by atoms with Crippen molar-refractivity contribution in [1.29, 1.82) is 0 Å². The molecule has 3 aromatic rings. The Hall–Kier alpha value is -2.42. The van der Waals surface area contributed by atoms with Crippen molar-refractivity contribution in [1.82, 2.24) is 10.2 Å². The Morgan fingerprint density at radius 3 is 2.32 bits per heavy atom. The molecule has 0 amide bonds. The number of nitrogens with zero attached hydrogens (tertiary/aromatic N) is 2. The van der Waals surface area contributed by atoms with Crippen molar-refractivity contribution < 1.29 is 0 Å². The normalized spacial score (nSPS) is 15.4. The van der Waals surface area contributed by atoms with Crippen molar-refractivity contribution >= 4 is 16.6 Å². The Bertz CT molecular complexity index is 823. The van der Waals surface area contributed by atoms with E-state index in [-0.39, 0.29) is 0 Å². The molecule has 0 spiro atoms. The van der Waals surface area contributed by atoms with E-state index in [0.29, 0.717) is 0 Å².